The zero-order chi connectivity index (χ0) is 18.2. The molecule has 0 aromatic heterocycles. The van der Waals surface area contributed by atoms with Crippen LogP contribution >= 0.6 is 0 Å². The highest BCUT2D eigenvalue weighted by molar-refractivity contribution is 5.91. The Balaban J connectivity index is 2.60. The largest absolute Gasteiger partial charge is 0.396 e. The molecule has 1 aliphatic heterocycles. The van der Waals surface area contributed by atoms with Gasteiger partial charge in [-0.25, -0.2) is 0 Å². The molecule has 1 unspecified atom stereocenters. The quantitative estimate of drug-likeness (QED) is 0.629. The van der Waals surface area contributed by atoms with E-state index in [0.717, 1.165) is 25.7 Å². The molecule has 1 heterocycles. The fourth-order valence-electron chi connectivity index (χ4n) is 3.43. The third kappa shape index (κ3) is 5.98. The number of hydrogen-bond acceptors (Lipinski definition) is 4. The van der Waals surface area contributed by atoms with Gasteiger partial charge in [-0.1, -0.05) is 26.8 Å². The number of ether oxygens (including phenoxy) is 1. The molecule has 3 atom stereocenters. The zero-order valence-corrected chi connectivity index (χ0v) is 15.9. The van der Waals surface area contributed by atoms with Crippen molar-refractivity contribution in [2.75, 3.05) is 13.2 Å². The van der Waals surface area contributed by atoms with Crippen LogP contribution in [0.15, 0.2) is 12.2 Å². The van der Waals surface area contributed by atoms with Crippen molar-refractivity contribution >= 4 is 5.78 Å². The van der Waals surface area contributed by atoms with E-state index < -0.39 is 11.2 Å². The molecule has 24 heavy (non-hydrogen) atoms. The van der Waals surface area contributed by atoms with Crippen LogP contribution in [0.5, 0.6) is 0 Å². The summed E-state index contributed by atoms with van der Waals surface area (Å²) in [5.41, 5.74) is -1.63. The lowest BCUT2D eigenvalue weighted by atomic mass is 9.75. The second kappa shape index (κ2) is 9.69. The summed E-state index contributed by atoms with van der Waals surface area (Å²) in [6.07, 6.45) is 8.82. The molecule has 0 aromatic rings. The minimum atomic E-state index is -0.983. The minimum Gasteiger partial charge on any atom is -0.396 e. The van der Waals surface area contributed by atoms with E-state index in [9.17, 15) is 15.0 Å². The second-order valence-electron chi connectivity index (χ2n) is 7.84. The Morgan fingerprint density at radius 1 is 1.25 bits per heavy atom. The number of rotatable bonds is 9. The number of allylic oxidation sites excluding steroid dienone is 2. The smallest absolute Gasteiger partial charge is 0.158 e. The van der Waals surface area contributed by atoms with Crippen LogP contribution < -0.4 is 0 Å². The molecule has 4 nitrogen and oxygen atoms in total. The van der Waals surface area contributed by atoms with Gasteiger partial charge in [-0.3, -0.25) is 4.79 Å². The van der Waals surface area contributed by atoms with Crippen molar-refractivity contribution in [2.45, 2.75) is 83.8 Å². The van der Waals surface area contributed by atoms with Gasteiger partial charge in [0.2, 0.25) is 0 Å². The molecule has 1 fully saturated rings. The second-order valence-corrected chi connectivity index (χ2v) is 7.84. The predicted octanol–water partition coefficient (Wildman–Crippen LogP) is 3.65. The van der Waals surface area contributed by atoms with Crippen LogP contribution in [-0.4, -0.2) is 40.4 Å². The van der Waals surface area contributed by atoms with Crippen LogP contribution in [0, 0.1) is 11.8 Å². The van der Waals surface area contributed by atoms with Crippen molar-refractivity contribution in [1.82, 2.24) is 0 Å². The Morgan fingerprint density at radius 2 is 1.96 bits per heavy atom. The molecule has 1 aliphatic rings. The van der Waals surface area contributed by atoms with E-state index in [2.05, 4.69) is 13.8 Å². The van der Waals surface area contributed by atoms with E-state index in [1.165, 1.54) is 0 Å². The molecule has 1 rings (SSSR count). The SMILES string of the molecule is CC(C)C=CC(=O)C(C)CCC[C@]1(C)OCCCC[C@@]1(O)CCO. The first-order valence-electron chi connectivity index (χ1n) is 9.43. The van der Waals surface area contributed by atoms with Crippen molar-refractivity contribution in [2.24, 2.45) is 11.8 Å². The average molecular weight is 341 g/mol. The van der Waals surface area contributed by atoms with Crippen LogP contribution in [0.25, 0.3) is 0 Å². The highest BCUT2D eigenvalue weighted by Gasteiger charge is 2.47. The fraction of sp³-hybridized carbons (Fsp3) is 0.850. The summed E-state index contributed by atoms with van der Waals surface area (Å²) < 4.78 is 6.02. The van der Waals surface area contributed by atoms with E-state index in [4.69, 9.17) is 4.74 Å². The Hall–Kier alpha value is -0.710. The fourth-order valence-corrected chi connectivity index (χ4v) is 3.43. The highest BCUT2D eigenvalue weighted by atomic mass is 16.5. The molecule has 0 amide bonds. The lowest BCUT2D eigenvalue weighted by molar-refractivity contribution is -0.178. The number of ketones is 1. The van der Waals surface area contributed by atoms with E-state index in [-0.39, 0.29) is 18.3 Å². The first-order valence-corrected chi connectivity index (χ1v) is 9.43. The number of hydrogen-bond donors (Lipinski definition) is 2. The summed E-state index contributed by atoms with van der Waals surface area (Å²) in [6, 6.07) is 0. The van der Waals surface area contributed by atoms with Crippen LogP contribution in [0.3, 0.4) is 0 Å². The molecule has 1 saturated heterocycles. The van der Waals surface area contributed by atoms with Gasteiger partial charge in [-0.05, 0) is 57.4 Å². The lowest BCUT2D eigenvalue weighted by Gasteiger charge is -2.43. The molecule has 0 spiro atoms. The lowest BCUT2D eigenvalue weighted by Crippen LogP contribution is -2.53. The van der Waals surface area contributed by atoms with Gasteiger partial charge in [-0.15, -0.1) is 0 Å². The van der Waals surface area contributed by atoms with Gasteiger partial charge >= 0.3 is 0 Å². The summed E-state index contributed by atoms with van der Waals surface area (Å²) in [7, 11) is 0. The summed E-state index contributed by atoms with van der Waals surface area (Å²) in [6.45, 7) is 8.64. The van der Waals surface area contributed by atoms with E-state index in [1.54, 1.807) is 6.08 Å². The molecule has 0 aliphatic carbocycles. The van der Waals surface area contributed by atoms with Crippen molar-refractivity contribution in [3.63, 3.8) is 0 Å². The highest BCUT2D eigenvalue weighted by Crippen LogP contribution is 2.40. The third-order valence-electron chi connectivity index (χ3n) is 5.34. The molecule has 0 radical (unpaired) electrons. The molecule has 140 valence electrons. The van der Waals surface area contributed by atoms with Crippen LogP contribution in [0.2, 0.25) is 0 Å². The Bertz CT molecular complexity index is 418. The van der Waals surface area contributed by atoms with Crippen molar-refractivity contribution in [3.8, 4) is 0 Å². The molecule has 2 N–H and O–H groups in total. The maximum atomic E-state index is 12.1. The molecular weight excluding hydrogens is 304 g/mol. The van der Waals surface area contributed by atoms with E-state index in [1.807, 2.05) is 19.9 Å². The number of aliphatic hydroxyl groups excluding tert-OH is 1. The van der Waals surface area contributed by atoms with Gasteiger partial charge in [0.05, 0.1) is 11.2 Å². The molecule has 0 saturated carbocycles. The monoisotopic (exact) mass is 340 g/mol. The van der Waals surface area contributed by atoms with Crippen LogP contribution in [0.4, 0.5) is 0 Å². The molecular formula is C20H36O4. The van der Waals surface area contributed by atoms with Crippen molar-refractivity contribution in [3.05, 3.63) is 12.2 Å². The van der Waals surface area contributed by atoms with Gasteiger partial charge in [0.1, 0.15) is 0 Å². The zero-order valence-electron chi connectivity index (χ0n) is 15.9. The number of carbonyl (C=O) groups excluding carboxylic acids is 1. The van der Waals surface area contributed by atoms with E-state index in [0.29, 0.717) is 31.8 Å². The number of aliphatic hydroxyl groups is 2. The normalized spacial score (nSPS) is 29.8. The van der Waals surface area contributed by atoms with Crippen LogP contribution in [0.1, 0.15) is 72.6 Å². The van der Waals surface area contributed by atoms with Gasteiger partial charge in [-0.2, -0.15) is 0 Å². The Morgan fingerprint density at radius 3 is 2.58 bits per heavy atom. The van der Waals surface area contributed by atoms with Gasteiger partial charge in [0.25, 0.3) is 0 Å². The first kappa shape index (κ1) is 21.3. The maximum Gasteiger partial charge on any atom is 0.158 e. The summed E-state index contributed by atoms with van der Waals surface area (Å²) in [4.78, 5) is 12.1. The molecule has 0 aromatic carbocycles. The Labute approximate surface area is 147 Å². The summed E-state index contributed by atoms with van der Waals surface area (Å²) in [5, 5.41) is 20.4. The summed E-state index contributed by atoms with van der Waals surface area (Å²) in [5.74, 6) is 0.537. The maximum absolute atomic E-state index is 12.1. The van der Waals surface area contributed by atoms with Crippen molar-refractivity contribution in [1.29, 1.82) is 0 Å². The van der Waals surface area contributed by atoms with Gasteiger partial charge in [0.15, 0.2) is 5.78 Å². The van der Waals surface area contributed by atoms with Gasteiger partial charge < -0.3 is 14.9 Å². The third-order valence-corrected chi connectivity index (χ3v) is 5.34. The minimum absolute atomic E-state index is 0.0136. The van der Waals surface area contributed by atoms with Crippen LogP contribution in [-0.2, 0) is 9.53 Å². The molecule has 0 bridgehead atoms. The Kier molecular flexibility index (Phi) is 8.61. The van der Waals surface area contributed by atoms with E-state index >= 15 is 0 Å². The average Bonchev–Trinajstić information content (AvgIpc) is 2.65. The topological polar surface area (TPSA) is 66.8 Å². The predicted molar refractivity (Wildman–Crippen MR) is 96.9 cm³/mol. The van der Waals surface area contributed by atoms with Gasteiger partial charge in [0, 0.05) is 25.6 Å². The van der Waals surface area contributed by atoms with Crippen molar-refractivity contribution < 1.29 is 19.7 Å². The first-order chi connectivity index (χ1) is 11.2. The standard InChI is InChI=1S/C20H36O4/c1-16(2)9-10-18(22)17(3)8-7-11-19(4)20(23,13-14-21)12-5-6-15-24-19/h9-10,16-17,21,23H,5-8,11-15H2,1-4H3/t17?,19-,20+/m0/s1. The summed E-state index contributed by atoms with van der Waals surface area (Å²) >= 11 is 0. The number of carbonyl (C=O) groups is 1. The molecule has 4 heteroatoms.